The van der Waals surface area contributed by atoms with Crippen molar-refractivity contribution in [3.63, 3.8) is 0 Å². The number of halogens is 2. The predicted octanol–water partition coefficient (Wildman–Crippen LogP) is 7.04. The first kappa shape index (κ1) is 28.7. The van der Waals surface area contributed by atoms with Crippen molar-refractivity contribution in [2.24, 2.45) is 0 Å². The molecule has 0 fully saturated rings. The van der Waals surface area contributed by atoms with Gasteiger partial charge in [0.25, 0.3) is 0 Å². The number of benzene rings is 3. The van der Waals surface area contributed by atoms with Crippen LogP contribution in [0.1, 0.15) is 55.4 Å². The van der Waals surface area contributed by atoms with Crippen molar-refractivity contribution in [3.8, 4) is 0 Å². The van der Waals surface area contributed by atoms with E-state index in [1.165, 1.54) is 5.56 Å². The second-order valence-electron chi connectivity index (χ2n) is 9.28. The topological polar surface area (TPSA) is 49.4 Å². The van der Waals surface area contributed by atoms with Crippen molar-refractivity contribution in [2.75, 3.05) is 6.54 Å². The molecule has 0 spiro atoms. The molecule has 4 nitrogen and oxygen atoms in total. The molecule has 196 valence electrons. The number of rotatable bonds is 13. The average Bonchev–Trinajstić information content (AvgIpc) is 2.91. The minimum Gasteiger partial charge on any atom is -0.354 e. The zero-order valence-corrected chi connectivity index (χ0v) is 23.2. The molecule has 3 rings (SSSR count). The standard InChI is InChI=1S/C31H36Cl2N2O2/c1-3-5-19-34-31(37)29(20-25-9-7-6-8-10-25)35(22-26-16-17-27(32)21-28(26)33)30(36)18-15-24-13-11-23(4-2)12-14-24/h6-14,16-17,21,29H,3-5,15,18-20,22H2,1-2H3,(H,34,37)/t29-/m1/s1. The molecule has 0 bridgehead atoms. The Kier molecular flexibility index (Phi) is 11.5. The van der Waals surface area contributed by atoms with Gasteiger partial charge in [-0.1, -0.05) is 104 Å². The molecule has 1 N–H and O–H groups in total. The summed E-state index contributed by atoms with van der Waals surface area (Å²) in [5.74, 6) is -0.236. The number of hydrogen-bond donors (Lipinski definition) is 1. The van der Waals surface area contributed by atoms with Crippen LogP contribution in [-0.4, -0.2) is 29.3 Å². The Labute approximate surface area is 231 Å². The summed E-state index contributed by atoms with van der Waals surface area (Å²) in [7, 11) is 0. The molecule has 0 aliphatic rings. The molecule has 37 heavy (non-hydrogen) atoms. The minimum atomic E-state index is -0.666. The number of aryl methyl sites for hydroxylation is 2. The number of nitrogens with one attached hydrogen (secondary N) is 1. The highest BCUT2D eigenvalue weighted by Crippen LogP contribution is 2.25. The molecule has 2 amide bonds. The van der Waals surface area contributed by atoms with E-state index in [-0.39, 0.29) is 18.4 Å². The van der Waals surface area contributed by atoms with Crippen LogP contribution in [0.25, 0.3) is 0 Å². The molecule has 3 aromatic rings. The van der Waals surface area contributed by atoms with Gasteiger partial charge in [0.2, 0.25) is 11.8 Å². The molecule has 0 aromatic heterocycles. The molecule has 0 saturated carbocycles. The Balaban J connectivity index is 1.89. The summed E-state index contributed by atoms with van der Waals surface area (Å²) in [4.78, 5) is 28.9. The van der Waals surface area contributed by atoms with Gasteiger partial charge in [0.1, 0.15) is 6.04 Å². The number of carbonyl (C=O) groups excluding carboxylic acids is 2. The fraction of sp³-hybridized carbons (Fsp3) is 0.355. The van der Waals surface area contributed by atoms with Gasteiger partial charge in [0, 0.05) is 36.0 Å². The summed E-state index contributed by atoms with van der Waals surface area (Å²) in [5.41, 5.74) is 4.11. The van der Waals surface area contributed by atoms with Crippen LogP contribution < -0.4 is 5.32 Å². The van der Waals surface area contributed by atoms with E-state index >= 15 is 0 Å². The fourth-order valence-electron chi connectivity index (χ4n) is 4.23. The van der Waals surface area contributed by atoms with Crippen molar-refractivity contribution in [2.45, 2.75) is 65.0 Å². The molecule has 0 heterocycles. The maximum atomic E-state index is 13.8. The zero-order valence-electron chi connectivity index (χ0n) is 21.7. The Hall–Kier alpha value is -2.82. The summed E-state index contributed by atoms with van der Waals surface area (Å²) in [6.07, 6.45) is 4.15. The molecule has 0 aliphatic carbocycles. The van der Waals surface area contributed by atoms with Gasteiger partial charge in [-0.25, -0.2) is 0 Å². The highest BCUT2D eigenvalue weighted by Gasteiger charge is 2.30. The fourth-order valence-corrected chi connectivity index (χ4v) is 4.70. The Morgan fingerprint density at radius 1 is 0.892 bits per heavy atom. The maximum absolute atomic E-state index is 13.8. The normalized spacial score (nSPS) is 11.7. The largest absolute Gasteiger partial charge is 0.354 e. The van der Waals surface area contributed by atoms with E-state index in [1.807, 2.05) is 36.4 Å². The average molecular weight is 540 g/mol. The van der Waals surface area contributed by atoms with Crippen LogP contribution in [0.2, 0.25) is 10.0 Å². The molecule has 3 aromatic carbocycles. The molecule has 6 heteroatoms. The van der Waals surface area contributed by atoms with E-state index in [4.69, 9.17) is 23.2 Å². The molecule has 1 atom stereocenters. The third kappa shape index (κ3) is 8.91. The van der Waals surface area contributed by atoms with E-state index in [9.17, 15) is 9.59 Å². The van der Waals surface area contributed by atoms with Gasteiger partial charge in [-0.05, 0) is 53.6 Å². The summed E-state index contributed by atoms with van der Waals surface area (Å²) < 4.78 is 0. The smallest absolute Gasteiger partial charge is 0.243 e. The van der Waals surface area contributed by atoms with E-state index in [1.54, 1.807) is 17.0 Å². The van der Waals surface area contributed by atoms with Crippen LogP contribution in [0, 0.1) is 0 Å². The first-order valence-corrected chi connectivity index (χ1v) is 13.8. The van der Waals surface area contributed by atoms with Crippen molar-refractivity contribution in [1.29, 1.82) is 0 Å². The van der Waals surface area contributed by atoms with E-state index in [0.717, 1.165) is 36.0 Å². The quantitative estimate of drug-likeness (QED) is 0.237. The van der Waals surface area contributed by atoms with Crippen molar-refractivity contribution in [3.05, 3.63) is 105 Å². The minimum absolute atomic E-state index is 0.0860. The second kappa shape index (κ2) is 14.8. The lowest BCUT2D eigenvalue weighted by Crippen LogP contribution is -2.50. The summed E-state index contributed by atoms with van der Waals surface area (Å²) in [5, 5.41) is 4.05. The number of unbranched alkanes of at least 4 members (excludes halogenated alkanes) is 1. The van der Waals surface area contributed by atoms with E-state index < -0.39 is 6.04 Å². The third-order valence-corrected chi connectivity index (χ3v) is 7.10. The Bertz CT molecular complexity index is 1150. The van der Waals surface area contributed by atoms with Gasteiger partial charge in [-0.15, -0.1) is 0 Å². The van der Waals surface area contributed by atoms with Gasteiger partial charge in [0.05, 0.1) is 0 Å². The van der Waals surface area contributed by atoms with E-state index in [0.29, 0.717) is 35.9 Å². The molecular weight excluding hydrogens is 503 g/mol. The number of nitrogens with zero attached hydrogens (tertiary/aromatic N) is 1. The first-order chi connectivity index (χ1) is 17.9. The lowest BCUT2D eigenvalue weighted by atomic mass is 10.0. The summed E-state index contributed by atoms with van der Waals surface area (Å²) in [6, 6.07) is 22.8. The lowest BCUT2D eigenvalue weighted by molar-refractivity contribution is -0.141. The Morgan fingerprint density at radius 2 is 1.59 bits per heavy atom. The van der Waals surface area contributed by atoms with Crippen LogP contribution in [0.3, 0.4) is 0 Å². The molecular formula is C31H36Cl2N2O2. The SMILES string of the molecule is CCCCNC(=O)[C@@H](Cc1ccccc1)N(Cc1ccc(Cl)cc1Cl)C(=O)CCc1ccc(CC)cc1. The van der Waals surface area contributed by atoms with Crippen LogP contribution in [0.4, 0.5) is 0 Å². The number of amides is 2. The first-order valence-electron chi connectivity index (χ1n) is 13.0. The van der Waals surface area contributed by atoms with Gasteiger partial charge in [-0.3, -0.25) is 9.59 Å². The van der Waals surface area contributed by atoms with Crippen LogP contribution in [-0.2, 0) is 35.4 Å². The van der Waals surface area contributed by atoms with Crippen molar-refractivity contribution >= 4 is 35.0 Å². The number of hydrogen-bond acceptors (Lipinski definition) is 2. The maximum Gasteiger partial charge on any atom is 0.243 e. The van der Waals surface area contributed by atoms with Gasteiger partial charge < -0.3 is 10.2 Å². The second-order valence-corrected chi connectivity index (χ2v) is 10.1. The lowest BCUT2D eigenvalue weighted by Gasteiger charge is -2.32. The molecule has 0 radical (unpaired) electrons. The van der Waals surface area contributed by atoms with Gasteiger partial charge in [-0.2, -0.15) is 0 Å². The molecule has 0 saturated heterocycles. The number of carbonyl (C=O) groups is 2. The molecule has 0 aliphatic heterocycles. The monoisotopic (exact) mass is 538 g/mol. The van der Waals surface area contributed by atoms with Crippen LogP contribution in [0.15, 0.2) is 72.8 Å². The van der Waals surface area contributed by atoms with Gasteiger partial charge >= 0.3 is 0 Å². The van der Waals surface area contributed by atoms with Crippen molar-refractivity contribution < 1.29 is 9.59 Å². The predicted molar refractivity (Wildman–Crippen MR) is 153 cm³/mol. The van der Waals surface area contributed by atoms with Crippen LogP contribution >= 0.6 is 23.2 Å². The zero-order chi connectivity index (χ0) is 26.6. The summed E-state index contributed by atoms with van der Waals surface area (Å²) >= 11 is 12.6. The highest BCUT2D eigenvalue weighted by atomic mass is 35.5. The van der Waals surface area contributed by atoms with Crippen LogP contribution in [0.5, 0.6) is 0 Å². The Morgan fingerprint density at radius 3 is 2.24 bits per heavy atom. The summed E-state index contributed by atoms with van der Waals surface area (Å²) in [6.45, 7) is 5.01. The van der Waals surface area contributed by atoms with E-state index in [2.05, 4.69) is 43.4 Å². The molecule has 0 unspecified atom stereocenters. The third-order valence-electron chi connectivity index (χ3n) is 6.52. The van der Waals surface area contributed by atoms with Crippen molar-refractivity contribution in [1.82, 2.24) is 10.2 Å². The highest BCUT2D eigenvalue weighted by molar-refractivity contribution is 6.35. The van der Waals surface area contributed by atoms with Gasteiger partial charge in [0.15, 0.2) is 0 Å².